The summed E-state index contributed by atoms with van der Waals surface area (Å²) in [6, 6.07) is 0.872. The van der Waals surface area contributed by atoms with Crippen molar-refractivity contribution in [2.75, 3.05) is 33.0 Å². The van der Waals surface area contributed by atoms with Crippen molar-refractivity contribution in [2.24, 2.45) is 5.73 Å². The van der Waals surface area contributed by atoms with Crippen LogP contribution >= 0.6 is 0 Å². The van der Waals surface area contributed by atoms with Gasteiger partial charge >= 0.3 is 8.80 Å². The first-order valence-electron chi connectivity index (χ1n) is 9.07. The number of unbranched alkanes of at least 4 members (excludes halogenated alkanes) is 3. The molecule has 0 saturated heterocycles. The first-order chi connectivity index (χ1) is 10.7. The van der Waals surface area contributed by atoms with E-state index in [1.54, 1.807) is 0 Å². The zero-order chi connectivity index (χ0) is 16.5. The molecule has 22 heavy (non-hydrogen) atoms. The monoisotopic (exact) mass is 334 g/mol. The van der Waals surface area contributed by atoms with Gasteiger partial charge in [0.15, 0.2) is 0 Å². The van der Waals surface area contributed by atoms with Gasteiger partial charge in [0, 0.05) is 32.5 Å². The van der Waals surface area contributed by atoms with Gasteiger partial charge in [-0.15, -0.1) is 0 Å². The number of hydrogen-bond donors (Lipinski definition) is 2. The smallest absolute Gasteiger partial charge is 0.373 e. The Bertz CT molecular complexity index is 207. The summed E-state index contributed by atoms with van der Waals surface area (Å²) in [4.78, 5) is 0. The number of nitrogens with one attached hydrogen (secondary N) is 1. The number of nitrogens with two attached hydrogens (primary N) is 1. The van der Waals surface area contributed by atoms with E-state index in [2.05, 4.69) is 26.1 Å². The summed E-state index contributed by atoms with van der Waals surface area (Å²) in [7, 11) is -2.54. The van der Waals surface area contributed by atoms with Gasteiger partial charge in [-0.25, -0.2) is 0 Å². The molecule has 0 radical (unpaired) electrons. The van der Waals surface area contributed by atoms with Crippen LogP contribution in [-0.4, -0.2) is 41.8 Å². The molecule has 5 nitrogen and oxygen atoms in total. The van der Waals surface area contributed by atoms with E-state index in [4.69, 9.17) is 19.0 Å². The topological polar surface area (TPSA) is 65.7 Å². The predicted molar refractivity (Wildman–Crippen MR) is 94.8 cm³/mol. The minimum absolute atomic E-state index is 0.513. The van der Waals surface area contributed by atoms with E-state index in [9.17, 15) is 0 Å². The summed E-state index contributed by atoms with van der Waals surface area (Å²) in [6.07, 6.45) is 7.54. The summed E-state index contributed by atoms with van der Waals surface area (Å²) >= 11 is 0. The Balaban J connectivity index is 4.53. The van der Waals surface area contributed by atoms with Crippen molar-refractivity contribution in [1.29, 1.82) is 0 Å². The summed E-state index contributed by atoms with van der Waals surface area (Å²) in [5.41, 5.74) is 5.48. The fourth-order valence-electron chi connectivity index (χ4n) is 1.99. The zero-order valence-corrected chi connectivity index (χ0v) is 16.0. The maximum Gasteiger partial charge on any atom is 0.501 e. The Morgan fingerprint density at radius 2 is 1.23 bits per heavy atom. The summed E-state index contributed by atoms with van der Waals surface area (Å²) < 4.78 is 18.5. The average molecular weight is 335 g/mol. The van der Waals surface area contributed by atoms with Gasteiger partial charge in [0.1, 0.15) is 0 Å². The molecule has 0 atom stereocenters. The van der Waals surface area contributed by atoms with Crippen molar-refractivity contribution in [3.05, 3.63) is 0 Å². The maximum absolute atomic E-state index is 6.18. The van der Waals surface area contributed by atoms with E-state index in [1.807, 2.05) is 0 Å². The molecule has 0 aromatic carbocycles. The molecule has 0 aliphatic heterocycles. The van der Waals surface area contributed by atoms with Crippen LogP contribution < -0.4 is 11.1 Å². The minimum Gasteiger partial charge on any atom is -0.373 e. The quantitative estimate of drug-likeness (QED) is 0.243. The molecule has 0 heterocycles. The molecule has 0 saturated carbocycles. The Morgan fingerprint density at radius 1 is 0.773 bits per heavy atom. The van der Waals surface area contributed by atoms with Crippen LogP contribution in [0.1, 0.15) is 65.7 Å². The second-order valence-electron chi connectivity index (χ2n) is 5.60. The first kappa shape index (κ1) is 22.0. The highest BCUT2D eigenvalue weighted by Crippen LogP contribution is 2.20. The molecule has 0 rings (SSSR count). The molecule has 6 heteroatoms. The van der Waals surface area contributed by atoms with Crippen LogP contribution in [0.5, 0.6) is 0 Å². The lowest BCUT2D eigenvalue weighted by molar-refractivity contribution is 0.0558. The van der Waals surface area contributed by atoms with Crippen molar-refractivity contribution < 1.29 is 13.3 Å². The van der Waals surface area contributed by atoms with Crippen LogP contribution in [0, 0.1) is 0 Å². The minimum atomic E-state index is -2.54. The molecule has 0 aromatic heterocycles. The third kappa shape index (κ3) is 11.6. The Kier molecular flexibility index (Phi) is 15.9. The van der Waals surface area contributed by atoms with Crippen molar-refractivity contribution in [3.8, 4) is 0 Å². The van der Waals surface area contributed by atoms with E-state index in [0.29, 0.717) is 6.67 Å². The Hall–Kier alpha value is 0.0169. The lowest BCUT2D eigenvalue weighted by Crippen LogP contribution is -2.47. The summed E-state index contributed by atoms with van der Waals surface area (Å²) in [6.45, 7) is 10.1. The molecule has 0 spiro atoms. The van der Waals surface area contributed by atoms with Gasteiger partial charge in [-0.05, 0) is 32.2 Å². The van der Waals surface area contributed by atoms with Crippen LogP contribution in [0.25, 0.3) is 0 Å². The van der Waals surface area contributed by atoms with Crippen molar-refractivity contribution in [3.63, 3.8) is 0 Å². The van der Waals surface area contributed by atoms with Gasteiger partial charge in [0.05, 0.1) is 0 Å². The fourth-order valence-corrected chi connectivity index (χ4v) is 4.65. The van der Waals surface area contributed by atoms with E-state index >= 15 is 0 Å². The van der Waals surface area contributed by atoms with Gasteiger partial charge in [-0.3, -0.25) is 0 Å². The lowest BCUT2D eigenvalue weighted by Gasteiger charge is -2.30. The molecule has 0 aliphatic carbocycles. The molecule has 134 valence electrons. The second kappa shape index (κ2) is 15.9. The molecular formula is C16H38N2O3Si. The number of hydrogen-bond acceptors (Lipinski definition) is 5. The predicted octanol–water partition coefficient (Wildman–Crippen LogP) is 3.27. The van der Waals surface area contributed by atoms with Gasteiger partial charge in [0.25, 0.3) is 0 Å². The molecule has 0 aliphatic rings. The molecule has 3 N–H and O–H groups in total. The van der Waals surface area contributed by atoms with Crippen LogP contribution in [-0.2, 0) is 13.3 Å². The Morgan fingerprint density at radius 3 is 1.59 bits per heavy atom. The SMILES string of the molecule is CCCCO[Si](CCCNCN)(OCCCC)OCCCC. The number of rotatable bonds is 17. The van der Waals surface area contributed by atoms with Gasteiger partial charge < -0.3 is 24.3 Å². The van der Waals surface area contributed by atoms with Gasteiger partial charge in [0.2, 0.25) is 0 Å². The van der Waals surface area contributed by atoms with E-state index in [1.165, 1.54) is 0 Å². The van der Waals surface area contributed by atoms with Gasteiger partial charge in [-0.2, -0.15) is 0 Å². The summed E-state index contributed by atoms with van der Waals surface area (Å²) in [5.74, 6) is 0. The third-order valence-corrected chi connectivity index (χ3v) is 6.34. The molecule has 0 amide bonds. The maximum atomic E-state index is 6.18. The molecular weight excluding hydrogens is 296 g/mol. The van der Waals surface area contributed by atoms with Crippen molar-refractivity contribution in [1.82, 2.24) is 5.32 Å². The molecule has 0 unspecified atom stereocenters. The third-order valence-electron chi connectivity index (χ3n) is 3.44. The highest BCUT2D eigenvalue weighted by atomic mass is 28.4. The molecule has 0 aromatic rings. The van der Waals surface area contributed by atoms with Crippen LogP contribution in [0.3, 0.4) is 0 Å². The van der Waals surface area contributed by atoms with Crippen LogP contribution in [0.2, 0.25) is 6.04 Å². The summed E-state index contributed by atoms with van der Waals surface area (Å²) in [5, 5.41) is 3.16. The molecule has 0 bridgehead atoms. The van der Waals surface area contributed by atoms with E-state index < -0.39 is 8.80 Å². The Labute approximate surface area is 138 Å². The van der Waals surface area contributed by atoms with E-state index in [0.717, 1.165) is 77.4 Å². The van der Waals surface area contributed by atoms with Crippen molar-refractivity contribution in [2.45, 2.75) is 71.8 Å². The first-order valence-corrected chi connectivity index (χ1v) is 11.0. The largest absolute Gasteiger partial charge is 0.501 e. The average Bonchev–Trinajstić information content (AvgIpc) is 2.52. The second-order valence-corrected chi connectivity index (χ2v) is 8.33. The molecule has 0 fully saturated rings. The van der Waals surface area contributed by atoms with Crippen molar-refractivity contribution >= 4 is 8.80 Å². The fraction of sp³-hybridized carbons (Fsp3) is 1.00. The van der Waals surface area contributed by atoms with E-state index in [-0.39, 0.29) is 0 Å². The highest BCUT2D eigenvalue weighted by Gasteiger charge is 2.40. The van der Waals surface area contributed by atoms with Gasteiger partial charge in [-0.1, -0.05) is 40.0 Å². The van der Waals surface area contributed by atoms with Crippen LogP contribution in [0.4, 0.5) is 0 Å². The highest BCUT2D eigenvalue weighted by molar-refractivity contribution is 6.60. The standard InChI is InChI=1S/C16H38N2O3Si/c1-4-7-12-19-22(20-13-8-5-2,21-14-9-6-3)15-10-11-18-16-17/h18H,4-17H2,1-3H3. The normalized spacial score (nSPS) is 12.0. The lowest BCUT2D eigenvalue weighted by atomic mass is 10.4. The van der Waals surface area contributed by atoms with Crippen LogP contribution in [0.15, 0.2) is 0 Å². The zero-order valence-electron chi connectivity index (χ0n) is 15.0.